The Balaban J connectivity index is 1.70. The van der Waals surface area contributed by atoms with Gasteiger partial charge in [-0.05, 0) is 75.9 Å². The fourth-order valence-corrected chi connectivity index (χ4v) is 7.51. The van der Waals surface area contributed by atoms with Gasteiger partial charge in [0, 0.05) is 47.8 Å². The Morgan fingerprint density at radius 3 is 2.05 bits per heavy atom. The van der Waals surface area contributed by atoms with Crippen LogP contribution in [0.25, 0.3) is 0 Å². The maximum Gasteiger partial charge on any atom is 0.255 e. The highest BCUT2D eigenvalue weighted by atomic mass is 127. The van der Waals surface area contributed by atoms with Crippen molar-refractivity contribution >= 4 is 40.1 Å². The largest absolute Gasteiger partial charge is 0.493 e. The summed E-state index contributed by atoms with van der Waals surface area (Å²) in [5.74, 6) is -0.0675. The van der Waals surface area contributed by atoms with E-state index in [0.717, 1.165) is 47.4 Å². The molecule has 0 radical (unpaired) electrons. The van der Waals surface area contributed by atoms with Gasteiger partial charge in [0.15, 0.2) is 29.7 Å². The first-order chi connectivity index (χ1) is 19.8. The van der Waals surface area contributed by atoms with Gasteiger partial charge in [0.2, 0.25) is 0 Å². The molecule has 2 aromatic carbocycles. The first-order valence-corrected chi connectivity index (χ1v) is 15.5. The lowest BCUT2D eigenvalue weighted by atomic mass is 9.63. The normalized spacial score (nSPS) is 19.9. The van der Waals surface area contributed by atoms with Gasteiger partial charge in [-0.25, -0.2) is 0 Å². The van der Waals surface area contributed by atoms with Gasteiger partial charge < -0.3 is 20.1 Å². The number of amides is 1. The highest BCUT2D eigenvalue weighted by molar-refractivity contribution is 14.1. The summed E-state index contributed by atoms with van der Waals surface area (Å²) in [5, 5.41) is 0. The zero-order valence-electron chi connectivity index (χ0n) is 25.0. The maximum absolute atomic E-state index is 14.1. The quantitative estimate of drug-likeness (QED) is 0.339. The first-order valence-electron chi connectivity index (χ1n) is 14.4. The number of ether oxygens (including phenoxy) is 2. The Bertz CT molecular complexity index is 1450. The molecule has 5 rings (SSSR count). The van der Waals surface area contributed by atoms with Gasteiger partial charge in [-0.3, -0.25) is 14.4 Å². The third kappa shape index (κ3) is 6.00. The van der Waals surface area contributed by atoms with Crippen molar-refractivity contribution in [2.45, 2.75) is 65.7 Å². The van der Waals surface area contributed by atoms with E-state index in [1.165, 1.54) is 12.7 Å². The second-order valence-corrected chi connectivity index (χ2v) is 14.4. The molecule has 0 unspecified atom stereocenters. The number of halogens is 1. The molecule has 1 amide bonds. The lowest BCUT2D eigenvalue weighted by Crippen LogP contribution is -2.45. The SMILES string of the molecule is COc1cc(C2C3=C(CC(C)(C)CC3=O)N(CCc3ccccc3)C3=C2C(=O)CC(C)(C)C3)cc(I)c1OCC(N)=O. The van der Waals surface area contributed by atoms with Crippen molar-refractivity contribution < 1.29 is 23.9 Å². The highest BCUT2D eigenvalue weighted by Crippen LogP contribution is 2.55. The van der Waals surface area contributed by atoms with Crippen LogP contribution in [0.3, 0.4) is 0 Å². The van der Waals surface area contributed by atoms with Crippen LogP contribution < -0.4 is 15.2 Å². The number of nitrogens with two attached hydrogens (primary N) is 1. The molecule has 222 valence electrons. The number of rotatable bonds is 8. The van der Waals surface area contributed by atoms with Crippen molar-refractivity contribution in [2.24, 2.45) is 16.6 Å². The summed E-state index contributed by atoms with van der Waals surface area (Å²) < 4.78 is 12.1. The third-order valence-corrected chi connectivity index (χ3v) is 9.23. The number of carbonyl (C=O) groups is 3. The molecule has 0 aromatic heterocycles. The number of carbonyl (C=O) groups excluding carboxylic acids is 3. The topological polar surface area (TPSA) is 98.9 Å². The number of hydrogen-bond acceptors (Lipinski definition) is 6. The average Bonchev–Trinajstić information content (AvgIpc) is 2.89. The summed E-state index contributed by atoms with van der Waals surface area (Å²) in [6.45, 7) is 9.01. The Morgan fingerprint density at radius 1 is 0.952 bits per heavy atom. The van der Waals surface area contributed by atoms with E-state index in [-0.39, 0.29) is 29.0 Å². The van der Waals surface area contributed by atoms with Crippen molar-refractivity contribution in [1.29, 1.82) is 0 Å². The number of Topliss-reactive ketones (excluding diaryl/α,β-unsaturated/α-hetero) is 2. The van der Waals surface area contributed by atoms with Gasteiger partial charge in [0.25, 0.3) is 5.91 Å². The molecule has 8 heteroatoms. The average molecular weight is 683 g/mol. The molecule has 0 saturated carbocycles. The molecule has 42 heavy (non-hydrogen) atoms. The molecule has 1 aliphatic heterocycles. The van der Waals surface area contributed by atoms with Crippen LogP contribution in [0, 0.1) is 14.4 Å². The number of nitrogens with zero attached hydrogens (tertiary/aromatic N) is 1. The summed E-state index contributed by atoms with van der Waals surface area (Å²) >= 11 is 2.15. The van der Waals surface area contributed by atoms with Crippen LogP contribution in [0.2, 0.25) is 0 Å². The van der Waals surface area contributed by atoms with Gasteiger partial charge in [-0.2, -0.15) is 0 Å². The van der Waals surface area contributed by atoms with Gasteiger partial charge in [0.05, 0.1) is 10.7 Å². The van der Waals surface area contributed by atoms with Crippen LogP contribution in [0.5, 0.6) is 11.5 Å². The summed E-state index contributed by atoms with van der Waals surface area (Å²) in [6, 6.07) is 14.1. The Kier molecular flexibility index (Phi) is 8.31. The third-order valence-electron chi connectivity index (χ3n) is 8.43. The molecule has 0 fully saturated rings. The molecule has 0 saturated heterocycles. The minimum Gasteiger partial charge on any atom is -0.493 e. The van der Waals surface area contributed by atoms with Crippen molar-refractivity contribution in [3.63, 3.8) is 0 Å². The van der Waals surface area contributed by atoms with Crippen molar-refractivity contribution in [1.82, 2.24) is 4.90 Å². The van der Waals surface area contributed by atoms with Gasteiger partial charge in [-0.1, -0.05) is 58.0 Å². The number of hydrogen-bond donors (Lipinski definition) is 1. The molecule has 3 aliphatic rings. The van der Waals surface area contributed by atoms with Crippen LogP contribution in [-0.2, 0) is 20.8 Å². The summed E-state index contributed by atoms with van der Waals surface area (Å²) in [5.41, 5.74) is 10.5. The highest BCUT2D eigenvalue weighted by Gasteiger charge is 2.49. The van der Waals surface area contributed by atoms with Crippen LogP contribution >= 0.6 is 22.6 Å². The van der Waals surface area contributed by atoms with Gasteiger partial charge in [0.1, 0.15) is 0 Å². The monoisotopic (exact) mass is 682 g/mol. The number of primary amides is 1. The van der Waals surface area contributed by atoms with Crippen LogP contribution in [-0.4, -0.2) is 42.6 Å². The van der Waals surface area contributed by atoms with E-state index < -0.39 is 11.8 Å². The summed E-state index contributed by atoms with van der Waals surface area (Å²) in [7, 11) is 1.54. The van der Waals surface area contributed by atoms with E-state index in [4.69, 9.17) is 15.2 Å². The molecular weight excluding hydrogens is 643 g/mol. The fraction of sp³-hybridized carbons (Fsp3) is 0.441. The van der Waals surface area contributed by atoms with Crippen molar-refractivity contribution in [2.75, 3.05) is 20.3 Å². The predicted molar refractivity (Wildman–Crippen MR) is 170 cm³/mol. The number of methoxy groups -OCH3 is 1. The van der Waals surface area contributed by atoms with E-state index in [0.29, 0.717) is 34.5 Å². The lowest BCUT2D eigenvalue weighted by Gasteiger charge is -2.49. The standard InChI is InChI=1S/C34H39IN2O5/c1-33(2)15-23-30(25(38)17-33)29(21-13-22(35)32(27(14-21)41-5)42-19-28(36)40)31-24(16-34(3,4)18-26(31)39)37(23)12-11-20-9-7-6-8-10-20/h6-10,13-14,29H,11-12,15-19H2,1-5H3,(H2,36,40). The van der Waals surface area contributed by atoms with Crippen LogP contribution in [0.1, 0.15) is 70.4 Å². The molecule has 1 heterocycles. The molecule has 0 spiro atoms. The number of ketones is 2. The second kappa shape index (κ2) is 11.5. The lowest BCUT2D eigenvalue weighted by molar-refractivity contribution is -0.121. The Morgan fingerprint density at radius 2 is 1.52 bits per heavy atom. The molecular formula is C34H39IN2O5. The minimum absolute atomic E-state index is 0.0863. The zero-order valence-corrected chi connectivity index (χ0v) is 27.2. The number of allylic oxidation sites excluding steroid dienone is 4. The molecule has 2 aliphatic carbocycles. The fourth-order valence-electron chi connectivity index (χ4n) is 6.73. The van der Waals surface area contributed by atoms with E-state index >= 15 is 0 Å². The Labute approximate surface area is 261 Å². The summed E-state index contributed by atoms with van der Waals surface area (Å²) in [4.78, 5) is 42.0. The van der Waals surface area contributed by atoms with Gasteiger partial charge >= 0.3 is 0 Å². The zero-order chi connectivity index (χ0) is 30.4. The Hall–Kier alpha value is -3.14. The molecule has 2 N–H and O–H groups in total. The van der Waals surface area contributed by atoms with E-state index in [2.05, 4.69) is 67.3 Å². The molecule has 2 aromatic rings. The van der Waals surface area contributed by atoms with Crippen LogP contribution in [0.15, 0.2) is 65.0 Å². The maximum atomic E-state index is 14.1. The predicted octanol–water partition coefficient (Wildman–Crippen LogP) is 6.09. The molecule has 7 nitrogen and oxygen atoms in total. The van der Waals surface area contributed by atoms with Crippen molar-refractivity contribution in [3.05, 3.63) is 79.7 Å². The molecule has 0 atom stereocenters. The minimum atomic E-state index is -0.588. The number of benzene rings is 2. The van der Waals surface area contributed by atoms with E-state index in [1.807, 2.05) is 30.3 Å². The van der Waals surface area contributed by atoms with E-state index in [1.54, 1.807) is 0 Å². The smallest absolute Gasteiger partial charge is 0.255 e. The van der Waals surface area contributed by atoms with Gasteiger partial charge in [-0.15, -0.1) is 0 Å². The summed E-state index contributed by atoms with van der Waals surface area (Å²) in [6.07, 6.45) is 3.15. The van der Waals surface area contributed by atoms with Crippen LogP contribution in [0.4, 0.5) is 0 Å². The first kappa shape index (κ1) is 30.3. The molecule has 0 bridgehead atoms. The van der Waals surface area contributed by atoms with Crippen molar-refractivity contribution in [3.8, 4) is 11.5 Å². The second-order valence-electron chi connectivity index (χ2n) is 13.2. The van der Waals surface area contributed by atoms with E-state index in [9.17, 15) is 14.4 Å².